The van der Waals surface area contributed by atoms with Crippen LogP contribution in [0.15, 0.2) is 24.3 Å². The molecule has 0 spiro atoms. The highest BCUT2D eigenvalue weighted by Crippen LogP contribution is 2.19. The molecule has 1 rings (SSSR count). The van der Waals surface area contributed by atoms with E-state index in [0.29, 0.717) is 13.1 Å². The zero-order valence-corrected chi connectivity index (χ0v) is 11.4. The fourth-order valence-corrected chi connectivity index (χ4v) is 1.99. The molecular weight excluding hydrogens is 253 g/mol. The van der Waals surface area contributed by atoms with Crippen LogP contribution in [-0.4, -0.2) is 37.8 Å². The van der Waals surface area contributed by atoms with Crippen molar-refractivity contribution in [3.8, 4) is 0 Å². The van der Waals surface area contributed by atoms with Crippen molar-refractivity contribution in [1.82, 2.24) is 10.2 Å². The molecule has 0 unspecified atom stereocenters. The third kappa shape index (κ3) is 6.07. The third-order valence-corrected chi connectivity index (χ3v) is 3.01. The van der Waals surface area contributed by atoms with Gasteiger partial charge in [0.15, 0.2) is 0 Å². The van der Waals surface area contributed by atoms with Gasteiger partial charge in [-0.1, -0.05) is 31.2 Å². The lowest BCUT2D eigenvalue weighted by molar-refractivity contribution is -0.146. The summed E-state index contributed by atoms with van der Waals surface area (Å²) in [6.45, 7) is 2.45. The van der Waals surface area contributed by atoms with Crippen molar-refractivity contribution >= 4 is 0 Å². The van der Waals surface area contributed by atoms with E-state index in [1.807, 2.05) is 31.3 Å². The molecule has 0 aromatic heterocycles. The maximum Gasteiger partial charge on any atom is 0.401 e. The van der Waals surface area contributed by atoms with Gasteiger partial charge in [0, 0.05) is 6.54 Å². The topological polar surface area (TPSA) is 15.3 Å². The molecule has 0 aliphatic carbocycles. The second-order valence-electron chi connectivity index (χ2n) is 4.54. The van der Waals surface area contributed by atoms with Crippen LogP contribution in [0, 0.1) is 0 Å². The van der Waals surface area contributed by atoms with Crippen LogP contribution in [0.4, 0.5) is 13.2 Å². The van der Waals surface area contributed by atoms with Gasteiger partial charge in [-0.2, -0.15) is 13.2 Å². The number of likely N-dealkylation sites (N-methyl/N-ethyl adjacent to an activating group) is 1. The number of hydrogen-bond donors (Lipinski definition) is 1. The highest BCUT2D eigenvalue weighted by atomic mass is 19.4. The summed E-state index contributed by atoms with van der Waals surface area (Å²) in [5, 5.41) is 3.06. The Labute approximate surface area is 112 Å². The molecule has 0 bridgehead atoms. The Morgan fingerprint density at radius 2 is 1.79 bits per heavy atom. The number of nitrogens with zero attached hydrogens (tertiary/aromatic N) is 1. The maximum absolute atomic E-state index is 12.4. The molecule has 1 aromatic carbocycles. The number of halogens is 3. The van der Waals surface area contributed by atoms with Crippen molar-refractivity contribution in [2.24, 2.45) is 0 Å². The van der Waals surface area contributed by atoms with Crippen LogP contribution in [0.2, 0.25) is 0 Å². The van der Waals surface area contributed by atoms with Crippen molar-refractivity contribution in [3.05, 3.63) is 35.4 Å². The summed E-state index contributed by atoms with van der Waals surface area (Å²) >= 11 is 0. The highest BCUT2D eigenvalue weighted by Gasteiger charge is 2.30. The normalized spacial score (nSPS) is 12.1. The molecule has 0 amide bonds. The molecule has 0 aliphatic heterocycles. The summed E-state index contributed by atoms with van der Waals surface area (Å²) in [6, 6.07) is 7.69. The van der Waals surface area contributed by atoms with Crippen molar-refractivity contribution in [3.63, 3.8) is 0 Å². The molecule has 2 nitrogen and oxygen atoms in total. The molecule has 0 fully saturated rings. The van der Waals surface area contributed by atoms with E-state index in [1.54, 1.807) is 6.92 Å². The largest absolute Gasteiger partial charge is 0.401 e. The first kappa shape index (κ1) is 16.0. The van der Waals surface area contributed by atoms with Gasteiger partial charge in [0.25, 0.3) is 0 Å². The zero-order chi connectivity index (χ0) is 14.3. The minimum absolute atomic E-state index is 0.343. The number of rotatable bonds is 7. The van der Waals surface area contributed by atoms with E-state index in [9.17, 15) is 13.2 Å². The number of hydrogen-bond acceptors (Lipinski definition) is 2. The average molecular weight is 274 g/mol. The van der Waals surface area contributed by atoms with Gasteiger partial charge in [-0.05, 0) is 37.7 Å². The molecule has 0 saturated heterocycles. The van der Waals surface area contributed by atoms with Gasteiger partial charge >= 0.3 is 6.18 Å². The lowest BCUT2D eigenvalue weighted by atomic mass is 10.0. The summed E-state index contributed by atoms with van der Waals surface area (Å²) in [7, 11) is 1.87. The van der Waals surface area contributed by atoms with Crippen LogP contribution in [-0.2, 0) is 13.0 Å². The molecule has 1 aromatic rings. The number of nitrogens with one attached hydrogen (secondary N) is 1. The molecule has 0 atom stereocenters. The van der Waals surface area contributed by atoms with E-state index in [1.165, 1.54) is 4.90 Å². The smallest absolute Gasteiger partial charge is 0.319 e. The molecule has 0 aliphatic rings. The minimum atomic E-state index is -4.14. The van der Waals surface area contributed by atoms with Crippen LogP contribution in [0.5, 0.6) is 0 Å². The molecule has 5 heteroatoms. The number of benzene rings is 1. The van der Waals surface area contributed by atoms with Crippen LogP contribution in [0.3, 0.4) is 0 Å². The van der Waals surface area contributed by atoms with E-state index in [4.69, 9.17) is 0 Å². The Morgan fingerprint density at radius 1 is 1.16 bits per heavy atom. The second kappa shape index (κ2) is 7.50. The Kier molecular flexibility index (Phi) is 6.31. The lowest BCUT2D eigenvalue weighted by Gasteiger charge is -2.23. The molecule has 0 heterocycles. The fourth-order valence-electron chi connectivity index (χ4n) is 1.99. The SMILES string of the molecule is CCN(Cc1ccccc1CCNC)CC(F)(F)F. The van der Waals surface area contributed by atoms with Gasteiger partial charge in [-0.25, -0.2) is 0 Å². The highest BCUT2D eigenvalue weighted by molar-refractivity contribution is 5.27. The maximum atomic E-state index is 12.4. The Bertz CT molecular complexity index is 377. The first-order chi connectivity index (χ1) is 8.96. The third-order valence-electron chi connectivity index (χ3n) is 3.01. The van der Waals surface area contributed by atoms with Gasteiger partial charge in [-0.15, -0.1) is 0 Å². The minimum Gasteiger partial charge on any atom is -0.319 e. The van der Waals surface area contributed by atoms with Crippen LogP contribution in [0.1, 0.15) is 18.1 Å². The van der Waals surface area contributed by atoms with Crippen molar-refractivity contribution in [2.75, 3.05) is 26.7 Å². The first-order valence-corrected chi connectivity index (χ1v) is 6.46. The van der Waals surface area contributed by atoms with Crippen LogP contribution >= 0.6 is 0 Å². The molecule has 0 saturated carbocycles. The molecule has 108 valence electrons. The monoisotopic (exact) mass is 274 g/mol. The summed E-state index contributed by atoms with van der Waals surface area (Å²) in [5.74, 6) is 0. The van der Waals surface area contributed by atoms with E-state index in [2.05, 4.69) is 5.32 Å². The zero-order valence-electron chi connectivity index (χ0n) is 11.4. The fraction of sp³-hybridized carbons (Fsp3) is 0.571. The van der Waals surface area contributed by atoms with E-state index in [0.717, 1.165) is 24.1 Å². The van der Waals surface area contributed by atoms with Crippen LogP contribution in [0.25, 0.3) is 0 Å². The molecule has 0 radical (unpaired) electrons. The van der Waals surface area contributed by atoms with Gasteiger partial charge < -0.3 is 5.32 Å². The summed E-state index contributed by atoms with van der Waals surface area (Å²) in [4.78, 5) is 1.41. The van der Waals surface area contributed by atoms with Crippen LogP contribution < -0.4 is 5.32 Å². The Morgan fingerprint density at radius 3 is 2.32 bits per heavy atom. The lowest BCUT2D eigenvalue weighted by Crippen LogP contribution is -2.34. The Balaban J connectivity index is 2.73. The number of alkyl halides is 3. The molecular formula is C14H21F3N2. The predicted octanol–water partition coefficient (Wildman–Crippen LogP) is 2.83. The van der Waals surface area contributed by atoms with Crippen molar-refractivity contribution in [1.29, 1.82) is 0 Å². The quantitative estimate of drug-likeness (QED) is 0.822. The van der Waals surface area contributed by atoms with E-state index in [-0.39, 0.29) is 0 Å². The summed E-state index contributed by atoms with van der Waals surface area (Å²) in [6.07, 6.45) is -3.31. The molecule has 1 N–H and O–H groups in total. The van der Waals surface area contributed by atoms with Gasteiger partial charge in [-0.3, -0.25) is 4.90 Å². The predicted molar refractivity (Wildman–Crippen MR) is 71.1 cm³/mol. The van der Waals surface area contributed by atoms with E-state index >= 15 is 0 Å². The van der Waals surface area contributed by atoms with Gasteiger partial charge in [0.05, 0.1) is 6.54 Å². The average Bonchev–Trinajstić information content (AvgIpc) is 2.35. The van der Waals surface area contributed by atoms with E-state index < -0.39 is 12.7 Å². The van der Waals surface area contributed by atoms with Crippen molar-refractivity contribution in [2.45, 2.75) is 26.1 Å². The standard InChI is InChI=1S/C14H21F3N2/c1-3-19(11-14(15,16)17)10-13-7-5-4-6-12(13)8-9-18-2/h4-7,18H,3,8-11H2,1-2H3. The Hall–Kier alpha value is -1.07. The second-order valence-corrected chi connectivity index (χ2v) is 4.54. The summed E-state index contributed by atoms with van der Waals surface area (Å²) in [5.41, 5.74) is 2.08. The summed E-state index contributed by atoms with van der Waals surface area (Å²) < 4.78 is 37.3. The molecule has 19 heavy (non-hydrogen) atoms. The first-order valence-electron chi connectivity index (χ1n) is 6.46. The van der Waals surface area contributed by atoms with Gasteiger partial charge in [0.1, 0.15) is 0 Å². The van der Waals surface area contributed by atoms with Crippen molar-refractivity contribution < 1.29 is 13.2 Å². The van der Waals surface area contributed by atoms with Gasteiger partial charge in [0.2, 0.25) is 0 Å².